The molecule has 0 spiro atoms. The van der Waals surface area contributed by atoms with E-state index in [1.807, 2.05) is 0 Å². The van der Waals surface area contributed by atoms with E-state index in [0.29, 0.717) is 12.5 Å². The van der Waals surface area contributed by atoms with E-state index in [2.05, 4.69) is 35.0 Å². The van der Waals surface area contributed by atoms with Crippen molar-refractivity contribution in [3.63, 3.8) is 0 Å². The highest BCUT2D eigenvalue weighted by atomic mass is 32.1. The molecule has 5 heteroatoms. The zero-order valence-corrected chi connectivity index (χ0v) is 12.3. The topological polar surface area (TPSA) is 49.2 Å². The molecule has 1 fully saturated rings. The fraction of sp³-hybridized carbons (Fsp3) is 0.846. The standard InChI is InChI=1S/C13H23N3OS/c1-13(2,3)11-14-12(18-15-11)16-7-4-5-10(9-16)6-8-17/h10,17H,4-9H2,1-3H3. The molecule has 1 aliphatic heterocycles. The van der Waals surface area contributed by atoms with Gasteiger partial charge < -0.3 is 10.0 Å². The van der Waals surface area contributed by atoms with Gasteiger partial charge in [-0.1, -0.05) is 20.8 Å². The number of rotatable bonds is 3. The molecular formula is C13H23N3OS. The fourth-order valence-corrected chi connectivity index (χ4v) is 3.20. The number of aliphatic hydroxyl groups excluding tert-OH is 1. The highest BCUT2D eigenvalue weighted by Crippen LogP contribution is 2.29. The molecule has 1 aliphatic rings. The molecule has 2 rings (SSSR count). The Morgan fingerprint density at radius 3 is 2.83 bits per heavy atom. The van der Waals surface area contributed by atoms with Crippen LogP contribution in [0.5, 0.6) is 0 Å². The molecule has 1 saturated heterocycles. The second-order valence-corrected chi connectivity index (χ2v) is 6.85. The normalized spacial score (nSPS) is 21.3. The Morgan fingerprint density at radius 1 is 1.44 bits per heavy atom. The van der Waals surface area contributed by atoms with Gasteiger partial charge in [-0.25, -0.2) is 4.98 Å². The first kappa shape index (κ1) is 13.7. The van der Waals surface area contributed by atoms with Crippen LogP contribution in [-0.2, 0) is 5.41 Å². The van der Waals surface area contributed by atoms with Crippen LogP contribution in [0.1, 0.15) is 45.9 Å². The minimum Gasteiger partial charge on any atom is -0.396 e. The molecule has 1 aromatic rings. The van der Waals surface area contributed by atoms with Crippen molar-refractivity contribution < 1.29 is 5.11 Å². The van der Waals surface area contributed by atoms with E-state index in [0.717, 1.165) is 30.5 Å². The Kier molecular flexibility index (Phi) is 4.22. The predicted octanol–water partition coefficient (Wildman–Crippen LogP) is 2.43. The quantitative estimate of drug-likeness (QED) is 0.915. The van der Waals surface area contributed by atoms with Gasteiger partial charge in [0, 0.05) is 36.6 Å². The van der Waals surface area contributed by atoms with Crippen molar-refractivity contribution in [1.82, 2.24) is 9.36 Å². The van der Waals surface area contributed by atoms with Gasteiger partial charge in [0.05, 0.1) is 0 Å². The molecule has 0 amide bonds. The summed E-state index contributed by atoms with van der Waals surface area (Å²) in [5.41, 5.74) is 0.0229. The Hall–Kier alpha value is -0.680. The number of nitrogens with zero attached hydrogens (tertiary/aromatic N) is 3. The van der Waals surface area contributed by atoms with E-state index in [-0.39, 0.29) is 5.41 Å². The van der Waals surface area contributed by atoms with Crippen molar-refractivity contribution in [2.45, 2.75) is 45.4 Å². The van der Waals surface area contributed by atoms with Gasteiger partial charge in [0.15, 0.2) is 0 Å². The smallest absolute Gasteiger partial charge is 0.205 e. The zero-order valence-electron chi connectivity index (χ0n) is 11.5. The van der Waals surface area contributed by atoms with Crippen LogP contribution in [0.2, 0.25) is 0 Å². The van der Waals surface area contributed by atoms with Crippen molar-refractivity contribution in [2.24, 2.45) is 5.92 Å². The van der Waals surface area contributed by atoms with E-state index in [1.54, 1.807) is 0 Å². The summed E-state index contributed by atoms with van der Waals surface area (Å²) in [6, 6.07) is 0. The van der Waals surface area contributed by atoms with Crippen LogP contribution < -0.4 is 4.90 Å². The van der Waals surface area contributed by atoms with E-state index >= 15 is 0 Å². The minimum absolute atomic E-state index is 0.0229. The third kappa shape index (κ3) is 3.20. The first-order valence-corrected chi connectivity index (χ1v) is 7.48. The molecule has 4 nitrogen and oxygen atoms in total. The Balaban J connectivity index is 2.05. The second kappa shape index (κ2) is 5.53. The Bertz CT molecular complexity index is 384. The van der Waals surface area contributed by atoms with Gasteiger partial charge in [0.1, 0.15) is 5.82 Å². The molecule has 0 aromatic carbocycles. The molecule has 0 radical (unpaired) electrons. The number of piperidine rings is 1. The summed E-state index contributed by atoms with van der Waals surface area (Å²) in [6.07, 6.45) is 3.32. The lowest BCUT2D eigenvalue weighted by Gasteiger charge is -2.32. The molecule has 1 N–H and O–H groups in total. The number of aromatic nitrogens is 2. The molecule has 1 aromatic heterocycles. The van der Waals surface area contributed by atoms with E-state index in [9.17, 15) is 0 Å². The monoisotopic (exact) mass is 269 g/mol. The van der Waals surface area contributed by atoms with Crippen LogP contribution in [0.15, 0.2) is 0 Å². The largest absolute Gasteiger partial charge is 0.396 e. The summed E-state index contributed by atoms with van der Waals surface area (Å²) in [7, 11) is 0. The van der Waals surface area contributed by atoms with Crippen LogP contribution in [0, 0.1) is 5.92 Å². The zero-order chi connectivity index (χ0) is 13.2. The molecule has 2 heterocycles. The van der Waals surface area contributed by atoms with Crippen molar-refractivity contribution >= 4 is 16.7 Å². The third-order valence-electron chi connectivity index (χ3n) is 3.41. The van der Waals surface area contributed by atoms with Gasteiger partial charge in [0.25, 0.3) is 0 Å². The van der Waals surface area contributed by atoms with E-state index in [4.69, 9.17) is 5.11 Å². The first-order valence-electron chi connectivity index (χ1n) is 6.70. The van der Waals surface area contributed by atoms with Crippen LogP contribution in [0.4, 0.5) is 5.13 Å². The summed E-state index contributed by atoms with van der Waals surface area (Å²) in [5.74, 6) is 1.54. The molecule has 0 saturated carbocycles. The average molecular weight is 269 g/mol. The van der Waals surface area contributed by atoms with Gasteiger partial charge in [-0.2, -0.15) is 4.37 Å². The van der Waals surface area contributed by atoms with Gasteiger partial charge in [-0.05, 0) is 25.2 Å². The van der Waals surface area contributed by atoms with Crippen molar-refractivity contribution in [2.75, 3.05) is 24.6 Å². The van der Waals surface area contributed by atoms with E-state index in [1.165, 1.54) is 24.4 Å². The lowest BCUT2D eigenvalue weighted by molar-refractivity contribution is 0.244. The summed E-state index contributed by atoms with van der Waals surface area (Å²) in [4.78, 5) is 7.00. The number of anilines is 1. The third-order valence-corrected chi connectivity index (χ3v) is 4.19. The Labute approximate surface area is 113 Å². The second-order valence-electron chi connectivity index (χ2n) is 6.12. The lowest BCUT2D eigenvalue weighted by Crippen LogP contribution is -2.35. The summed E-state index contributed by atoms with van der Waals surface area (Å²) in [6.45, 7) is 8.80. The predicted molar refractivity (Wildman–Crippen MR) is 75.2 cm³/mol. The maximum Gasteiger partial charge on any atom is 0.205 e. The molecule has 1 atom stereocenters. The molecular weight excluding hydrogens is 246 g/mol. The summed E-state index contributed by atoms with van der Waals surface area (Å²) in [5, 5.41) is 10.1. The van der Waals surface area contributed by atoms with Gasteiger partial charge >= 0.3 is 0 Å². The van der Waals surface area contributed by atoms with Crippen LogP contribution >= 0.6 is 11.5 Å². The van der Waals surface area contributed by atoms with Crippen LogP contribution in [0.3, 0.4) is 0 Å². The molecule has 1 unspecified atom stereocenters. The minimum atomic E-state index is 0.0229. The molecule has 0 aliphatic carbocycles. The summed E-state index contributed by atoms with van der Waals surface area (Å²) < 4.78 is 4.47. The lowest BCUT2D eigenvalue weighted by atomic mass is 9.95. The maximum absolute atomic E-state index is 9.04. The van der Waals surface area contributed by atoms with Gasteiger partial charge in [-0.15, -0.1) is 0 Å². The Morgan fingerprint density at radius 2 is 2.22 bits per heavy atom. The fourth-order valence-electron chi connectivity index (χ4n) is 2.31. The molecule has 102 valence electrons. The van der Waals surface area contributed by atoms with Gasteiger partial charge in [0.2, 0.25) is 5.13 Å². The number of hydrogen-bond acceptors (Lipinski definition) is 5. The van der Waals surface area contributed by atoms with Gasteiger partial charge in [-0.3, -0.25) is 0 Å². The average Bonchev–Trinajstić information content (AvgIpc) is 2.78. The van der Waals surface area contributed by atoms with Crippen molar-refractivity contribution in [1.29, 1.82) is 0 Å². The van der Waals surface area contributed by atoms with Crippen molar-refractivity contribution in [3.8, 4) is 0 Å². The maximum atomic E-state index is 9.04. The van der Waals surface area contributed by atoms with Crippen LogP contribution in [0.25, 0.3) is 0 Å². The number of aliphatic hydroxyl groups is 1. The first-order chi connectivity index (χ1) is 8.50. The molecule has 18 heavy (non-hydrogen) atoms. The SMILES string of the molecule is CC(C)(C)c1nsc(N2CCCC(CCO)C2)n1. The summed E-state index contributed by atoms with van der Waals surface area (Å²) >= 11 is 1.51. The van der Waals surface area contributed by atoms with Crippen molar-refractivity contribution in [3.05, 3.63) is 5.82 Å². The van der Waals surface area contributed by atoms with Crippen LogP contribution in [-0.4, -0.2) is 34.2 Å². The van der Waals surface area contributed by atoms with E-state index < -0.39 is 0 Å². The molecule has 0 bridgehead atoms. The number of hydrogen-bond donors (Lipinski definition) is 1. The highest BCUT2D eigenvalue weighted by molar-refractivity contribution is 7.09. The highest BCUT2D eigenvalue weighted by Gasteiger charge is 2.25.